The van der Waals surface area contributed by atoms with E-state index in [-0.39, 0.29) is 5.82 Å². The highest BCUT2D eigenvalue weighted by Crippen LogP contribution is 2.30. The molecule has 70 valence electrons. The van der Waals surface area contributed by atoms with E-state index in [2.05, 4.69) is 21.2 Å². The maximum atomic E-state index is 13.3. The van der Waals surface area contributed by atoms with Gasteiger partial charge in [0.25, 0.3) is 0 Å². The van der Waals surface area contributed by atoms with Crippen molar-refractivity contribution in [2.75, 3.05) is 13.2 Å². The molecule has 0 aliphatic carbocycles. The maximum absolute atomic E-state index is 13.3. The van der Waals surface area contributed by atoms with Crippen LogP contribution < -0.4 is 10.1 Å². The van der Waals surface area contributed by atoms with E-state index in [1.54, 1.807) is 6.07 Å². The fourth-order valence-electron chi connectivity index (χ4n) is 1.33. The quantitative estimate of drug-likeness (QED) is 0.756. The summed E-state index contributed by atoms with van der Waals surface area (Å²) in [6.45, 7) is 1.91. The number of hydrogen-bond acceptors (Lipinski definition) is 2. The summed E-state index contributed by atoms with van der Waals surface area (Å²) in [4.78, 5) is 0. The molecule has 1 aliphatic heterocycles. The smallest absolute Gasteiger partial charge is 0.165 e. The summed E-state index contributed by atoms with van der Waals surface area (Å²) in [6, 6.07) is 3.11. The van der Waals surface area contributed by atoms with Gasteiger partial charge >= 0.3 is 0 Å². The Morgan fingerprint density at radius 3 is 3.15 bits per heavy atom. The SMILES string of the molecule is Fc1ccc(Br)c2c1OCCNC2. The molecule has 0 bridgehead atoms. The molecule has 1 N–H and O–H groups in total. The molecule has 1 aromatic rings. The molecule has 0 fully saturated rings. The van der Waals surface area contributed by atoms with Gasteiger partial charge in [-0.05, 0) is 12.1 Å². The molecular formula is C9H9BrFNO. The van der Waals surface area contributed by atoms with Crippen molar-refractivity contribution in [1.82, 2.24) is 5.32 Å². The Hall–Kier alpha value is -0.610. The number of fused-ring (bicyclic) bond motifs is 1. The lowest BCUT2D eigenvalue weighted by atomic mass is 10.2. The van der Waals surface area contributed by atoms with Crippen LogP contribution in [0.1, 0.15) is 5.56 Å². The third kappa shape index (κ3) is 1.69. The second-order valence-electron chi connectivity index (χ2n) is 2.86. The average Bonchev–Trinajstić information content (AvgIpc) is 2.37. The fraction of sp³-hybridized carbons (Fsp3) is 0.333. The molecule has 13 heavy (non-hydrogen) atoms. The lowest BCUT2D eigenvalue weighted by Crippen LogP contribution is -2.16. The highest BCUT2D eigenvalue weighted by atomic mass is 79.9. The van der Waals surface area contributed by atoms with Gasteiger partial charge < -0.3 is 10.1 Å². The van der Waals surface area contributed by atoms with Gasteiger partial charge in [-0.1, -0.05) is 15.9 Å². The van der Waals surface area contributed by atoms with Gasteiger partial charge in [-0.2, -0.15) is 0 Å². The number of rotatable bonds is 0. The highest BCUT2D eigenvalue weighted by Gasteiger charge is 2.15. The predicted molar refractivity (Wildman–Crippen MR) is 51.3 cm³/mol. The number of halogens is 2. The molecular weight excluding hydrogens is 237 g/mol. The van der Waals surface area contributed by atoms with Crippen LogP contribution in [0.25, 0.3) is 0 Å². The summed E-state index contributed by atoms with van der Waals surface area (Å²) in [7, 11) is 0. The Morgan fingerprint density at radius 2 is 2.31 bits per heavy atom. The van der Waals surface area contributed by atoms with Crippen LogP contribution in [0.2, 0.25) is 0 Å². The average molecular weight is 246 g/mol. The highest BCUT2D eigenvalue weighted by molar-refractivity contribution is 9.10. The fourth-order valence-corrected chi connectivity index (χ4v) is 1.79. The summed E-state index contributed by atoms with van der Waals surface area (Å²) in [5, 5.41) is 3.15. The van der Waals surface area contributed by atoms with E-state index in [4.69, 9.17) is 4.74 Å². The standard InChI is InChI=1S/C9H9BrFNO/c10-7-1-2-8(11)9-6(7)5-12-3-4-13-9/h1-2,12H,3-5H2. The van der Waals surface area contributed by atoms with Crippen LogP contribution in [0, 0.1) is 5.82 Å². The van der Waals surface area contributed by atoms with Crippen molar-refractivity contribution in [3.05, 3.63) is 28.0 Å². The first-order valence-electron chi connectivity index (χ1n) is 4.09. The Kier molecular flexibility index (Phi) is 2.51. The second-order valence-corrected chi connectivity index (χ2v) is 3.72. The zero-order valence-corrected chi connectivity index (χ0v) is 8.53. The number of benzene rings is 1. The monoisotopic (exact) mass is 245 g/mol. The van der Waals surface area contributed by atoms with E-state index >= 15 is 0 Å². The number of nitrogens with one attached hydrogen (secondary N) is 1. The summed E-state index contributed by atoms with van der Waals surface area (Å²) < 4.78 is 19.4. The molecule has 1 heterocycles. The molecule has 1 aromatic carbocycles. The Balaban J connectivity index is 2.50. The summed E-state index contributed by atoms with van der Waals surface area (Å²) in [5.41, 5.74) is 0.859. The first kappa shape index (κ1) is 8.97. The normalized spacial score (nSPS) is 15.8. The topological polar surface area (TPSA) is 21.3 Å². The molecule has 0 saturated carbocycles. The molecule has 0 saturated heterocycles. The van der Waals surface area contributed by atoms with Gasteiger partial charge in [0, 0.05) is 23.1 Å². The largest absolute Gasteiger partial charge is 0.489 e. The second kappa shape index (κ2) is 3.64. The zero-order chi connectivity index (χ0) is 9.26. The van der Waals surface area contributed by atoms with Gasteiger partial charge in [0.1, 0.15) is 6.61 Å². The van der Waals surface area contributed by atoms with Crippen molar-refractivity contribution in [3.8, 4) is 5.75 Å². The first-order chi connectivity index (χ1) is 6.29. The van der Waals surface area contributed by atoms with Gasteiger partial charge in [-0.3, -0.25) is 0 Å². The Labute approximate surface area is 84.2 Å². The zero-order valence-electron chi connectivity index (χ0n) is 6.94. The lowest BCUT2D eigenvalue weighted by Gasteiger charge is -2.08. The third-order valence-corrected chi connectivity index (χ3v) is 2.73. The molecule has 0 aromatic heterocycles. The van der Waals surface area contributed by atoms with Crippen molar-refractivity contribution >= 4 is 15.9 Å². The minimum absolute atomic E-state index is 0.290. The van der Waals surface area contributed by atoms with E-state index in [9.17, 15) is 4.39 Å². The van der Waals surface area contributed by atoms with Crippen molar-refractivity contribution in [1.29, 1.82) is 0 Å². The van der Waals surface area contributed by atoms with Crippen molar-refractivity contribution in [2.45, 2.75) is 6.54 Å². The predicted octanol–water partition coefficient (Wildman–Crippen LogP) is 2.07. The van der Waals surface area contributed by atoms with Crippen LogP contribution in [0.5, 0.6) is 5.75 Å². The van der Waals surface area contributed by atoms with E-state index in [0.29, 0.717) is 18.9 Å². The number of hydrogen-bond donors (Lipinski definition) is 1. The number of ether oxygens (including phenoxy) is 1. The van der Waals surface area contributed by atoms with Gasteiger partial charge in [-0.15, -0.1) is 0 Å². The molecule has 0 spiro atoms. The molecule has 1 aliphatic rings. The maximum Gasteiger partial charge on any atom is 0.165 e. The van der Waals surface area contributed by atoms with E-state index in [0.717, 1.165) is 16.6 Å². The molecule has 4 heteroatoms. The molecule has 2 rings (SSSR count). The van der Waals surface area contributed by atoms with Crippen LogP contribution in [-0.4, -0.2) is 13.2 Å². The van der Waals surface area contributed by atoms with Gasteiger partial charge in [0.15, 0.2) is 11.6 Å². The Bertz CT molecular complexity index is 299. The minimum Gasteiger partial charge on any atom is -0.489 e. The van der Waals surface area contributed by atoms with Crippen molar-refractivity contribution in [2.24, 2.45) is 0 Å². The molecule has 0 amide bonds. The summed E-state index contributed by atoms with van der Waals surface area (Å²) >= 11 is 3.36. The van der Waals surface area contributed by atoms with Crippen LogP contribution in [-0.2, 0) is 6.54 Å². The van der Waals surface area contributed by atoms with Crippen LogP contribution in [0.4, 0.5) is 4.39 Å². The molecule has 2 nitrogen and oxygen atoms in total. The van der Waals surface area contributed by atoms with E-state index < -0.39 is 0 Å². The molecule has 0 radical (unpaired) electrons. The van der Waals surface area contributed by atoms with Crippen LogP contribution >= 0.6 is 15.9 Å². The van der Waals surface area contributed by atoms with Crippen molar-refractivity contribution in [3.63, 3.8) is 0 Å². The van der Waals surface area contributed by atoms with Gasteiger partial charge in [0.05, 0.1) is 0 Å². The van der Waals surface area contributed by atoms with Gasteiger partial charge in [0.2, 0.25) is 0 Å². The molecule has 0 atom stereocenters. The first-order valence-corrected chi connectivity index (χ1v) is 4.89. The summed E-state index contributed by atoms with van der Waals surface area (Å²) in [6.07, 6.45) is 0. The minimum atomic E-state index is -0.290. The molecule has 0 unspecified atom stereocenters. The van der Waals surface area contributed by atoms with E-state index in [1.807, 2.05) is 0 Å². The lowest BCUT2D eigenvalue weighted by molar-refractivity contribution is 0.309. The van der Waals surface area contributed by atoms with Crippen LogP contribution in [0.3, 0.4) is 0 Å². The van der Waals surface area contributed by atoms with E-state index in [1.165, 1.54) is 6.07 Å². The summed E-state index contributed by atoms with van der Waals surface area (Å²) in [5.74, 6) is 0.0845. The van der Waals surface area contributed by atoms with Gasteiger partial charge in [-0.25, -0.2) is 4.39 Å². The van der Waals surface area contributed by atoms with Crippen LogP contribution in [0.15, 0.2) is 16.6 Å². The Morgan fingerprint density at radius 1 is 1.46 bits per heavy atom. The van der Waals surface area contributed by atoms with Crippen molar-refractivity contribution < 1.29 is 9.13 Å². The third-order valence-electron chi connectivity index (χ3n) is 1.98.